The minimum Gasteiger partial charge on any atom is -0.756 e. The molecule has 0 aromatic carbocycles. The van der Waals surface area contributed by atoms with Crippen molar-refractivity contribution in [3.8, 4) is 0 Å². The van der Waals surface area contributed by atoms with Crippen LogP contribution in [-0.2, 0) is 32.7 Å². The summed E-state index contributed by atoms with van der Waals surface area (Å²) in [5, 5.41) is 10.1. The third-order valence-corrected chi connectivity index (χ3v) is 11.9. The highest BCUT2D eigenvalue weighted by molar-refractivity contribution is 7.45. The summed E-state index contributed by atoms with van der Waals surface area (Å²) in [4.78, 5) is 37.7. The van der Waals surface area contributed by atoms with Crippen LogP contribution in [0.5, 0.6) is 0 Å². The van der Waals surface area contributed by atoms with Gasteiger partial charge in [-0.3, -0.25) is 14.2 Å². The van der Waals surface area contributed by atoms with Crippen molar-refractivity contribution in [2.24, 2.45) is 0 Å². The number of phosphoric acid groups is 1. The Kier molecular flexibility index (Phi) is 42.4. The molecule has 368 valence electrons. The van der Waals surface area contributed by atoms with E-state index in [9.17, 15) is 24.2 Å². The van der Waals surface area contributed by atoms with Gasteiger partial charge in [0.2, 0.25) is 0 Å². The van der Waals surface area contributed by atoms with Crippen molar-refractivity contribution in [2.75, 3.05) is 47.5 Å². The van der Waals surface area contributed by atoms with E-state index in [4.69, 9.17) is 18.5 Å². The second-order valence-electron chi connectivity index (χ2n) is 18.4. The lowest BCUT2D eigenvalue weighted by Crippen LogP contribution is -2.37. The molecule has 63 heavy (non-hydrogen) atoms. The van der Waals surface area contributed by atoms with Crippen molar-refractivity contribution in [3.63, 3.8) is 0 Å². The predicted molar refractivity (Wildman–Crippen MR) is 260 cm³/mol. The van der Waals surface area contributed by atoms with Crippen LogP contribution in [0.3, 0.4) is 0 Å². The minimum atomic E-state index is -4.66. The Labute approximate surface area is 386 Å². The molecule has 0 aliphatic heterocycles. The van der Waals surface area contributed by atoms with E-state index >= 15 is 0 Å². The van der Waals surface area contributed by atoms with Gasteiger partial charge < -0.3 is 33.0 Å². The van der Waals surface area contributed by atoms with E-state index in [1.165, 1.54) is 135 Å². The molecule has 0 fully saturated rings. The van der Waals surface area contributed by atoms with Gasteiger partial charge in [0.05, 0.1) is 33.9 Å². The number of hydrogen-bond donors (Lipinski definition) is 1. The van der Waals surface area contributed by atoms with E-state index in [-0.39, 0.29) is 26.1 Å². The Hall–Kier alpha value is -2.07. The molecule has 0 radical (unpaired) electrons. The van der Waals surface area contributed by atoms with Crippen molar-refractivity contribution in [1.82, 2.24) is 0 Å². The molecule has 0 saturated carbocycles. The largest absolute Gasteiger partial charge is 0.756 e. The summed E-state index contributed by atoms with van der Waals surface area (Å²) in [7, 11) is 1.09. The van der Waals surface area contributed by atoms with Crippen LogP contribution in [0.4, 0.5) is 0 Å². The first-order chi connectivity index (χ1) is 30.4. The maximum absolute atomic E-state index is 12.7. The van der Waals surface area contributed by atoms with Crippen LogP contribution in [0.15, 0.2) is 48.6 Å². The standard InChI is InChI=1S/C52H96NO9P/c1-6-8-10-12-14-15-16-17-18-19-20-21-22-23-24-25-26-27-31-35-39-43-51(55)59-47-50(48-61-63(57,58)60-46-45-53(3,4)5)62-52(56)44-40-36-32-28-30-34-38-42-49(54)41-37-33-29-13-11-9-7-2/h28-29,32-34,37-38,41,49-50,54H,6-27,30-31,35-36,39-40,42-48H2,1-5H3/b32-28+,33-29-,38-34-,41-37-/t49-,50+/m0/s1. The molecular weight excluding hydrogens is 814 g/mol. The number of nitrogens with zero attached hydrogens (tertiary/aromatic N) is 1. The van der Waals surface area contributed by atoms with Crippen LogP contribution in [-0.4, -0.2) is 81.2 Å². The Morgan fingerprint density at radius 1 is 0.587 bits per heavy atom. The Morgan fingerprint density at radius 2 is 1.08 bits per heavy atom. The number of aliphatic hydroxyl groups is 1. The molecule has 3 atom stereocenters. The summed E-state index contributed by atoms with van der Waals surface area (Å²) >= 11 is 0. The van der Waals surface area contributed by atoms with Crippen LogP contribution in [0.25, 0.3) is 0 Å². The second kappa shape index (κ2) is 43.8. The lowest BCUT2D eigenvalue weighted by molar-refractivity contribution is -0.870. The van der Waals surface area contributed by atoms with E-state index in [2.05, 4.69) is 19.9 Å². The summed E-state index contributed by atoms with van der Waals surface area (Å²) in [6.07, 6.45) is 48.9. The average molecular weight is 910 g/mol. The number of quaternary nitrogens is 1. The number of carbonyl (C=O) groups is 2. The van der Waals surface area contributed by atoms with E-state index in [0.29, 0.717) is 43.1 Å². The zero-order valence-corrected chi connectivity index (χ0v) is 42.0. The fraction of sp³-hybridized carbons (Fsp3) is 0.808. The zero-order valence-electron chi connectivity index (χ0n) is 41.1. The number of likely N-dealkylation sites (N-methyl/N-ethyl adjacent to an activating group) is 1. The first-order valence-corrected chi connectivity index (χ1v) is 26.9. The quantitative estimate of drug-likeness (QED) is 0.0158. The van der Waals surface area contributed by atoms with Crippen LogP contribution in [0.2, 0.25) is 0 Å². The van der Waals surface area contributed by atoms with Crippen molar-refractivity contribution >= 4 is 19.8 Å². The van der Waals surface area contributed by atoms with Crippen LogP contribution < -0.4 is 4.89 Å². The monoisotopic (exact) mass is 910 g/mol. The Bertz CT molecular complexity index is 1230. The average Bonchev–Trinajstić information content (AvgIpc) is 3.23. The molecule has 11 heteroatoms. The minimum absolute atomic E-state index is 0.0526. The molecule has 0 spiro atoms. The van der Waals surface area contributed by atoms with Gasteiger partial charge in [0, 0.05) is 12.8 Å². The predicted octanol–water partition coefficient (Wildman–Crippen LogP) is 13.4. The van der Waals surface area contributed by atoms with Crippen molar-refractivity contribution in [3.05, 3.63) is 48.6 Å². The molecule has 0 rings (SSSR count). The Balaban J connectivity index is 4.35. The van der Waals surface area contributed by atoms with Crippen LogP contribution in [0.1, 0.15) is 213 Å². The number of hydrogen-bond acceptors (Lipinski definition) is 9. The molecule has 10 nitrogen and oxygen atoms in total. The lowest BCUT2D eigenvalue weighted by Gasteiger charge is -2.28. The second-order valence-corrected chi connectivity index (χ2v) is 19.8. The lowest BCUT2D eigenvalue weighted by atomic mass is 10.0. The van der Waals surface area contributed by atoms with E-state index < -0.39 is 38.6 Å². The van der Waals surface area contributed by atoms with Gasteiger partial charge in [-0.15, -0.1) is 0 Å². The van der Waals surface area contributed by atoms with Gasteiger partial charge in [-0.25, -0.2) is 0 Å². The van der Waals surface area contributed by atoms with Crippen LogP contribution in [0, 0.1) is 0 Å². The molecule has 0 aliphatic rings. The van der Waals surface area contributed by atoms with E-state index in [0.717, 1.165) is 19.3 Å². The first-order valence-electron chi connectivity index (χ1n) is 25.5. The molecule has 1 unspecified atom stereocenters. The number of esters is 2. The fourth-order valence-electron chi connectivity index (χ4n) is 6.91. The number of unbranched alkanes of at least 4 members (excludes halogenated alkanes) is 24. The van der Waals surface area contributed by atoms with Crippen LogP contribution >= 0.6 is 7.82 Å². The maximum atomic E-state index is 12.7. The van der Waals surface area contributed by atoms with Gasteiger partial charge in [0.1, 0.15) is 19.8 Å². The number of allylic oxidation sites excluding steroid dienone is 6. The highest BCUT2D eigenvalue weighted by Gasteiger charge is 2.21. The summed E-state index contributed by atoms with van der Waals surface area (Å²) in [6, 6.07) is 0. The van der Waals surface area contributed by atoms with Crippen molar-refractivity contribution in [2.45, 2.75) is 225 Å². The maximum Gasteiger partial charge on any atom is 0.306 e. The highest BCUT2D eigenvalue weighted by Crippen LogP contribution is 2.38. The summed E-state index contributed by atoms with van der Waals surface area (Å²) in [5.74, 6) is -0.935. The number of rotatable bonds is 46. The van der Waals surface area contributed by atoms with Gasteiger partial charge in [0.25, 0.3) is 7.82 Å². The molecular formula is C52H96NO9P. The van der Waals surface area contributed by atoms with Gasteiger partial charge >= 0.3 is 11.9 Å². The number of aliphatic hydroxyl groups excluding tert-OH is 1. The smallest absolute Gasteiger partial charge is 0.306 e. The van der Waals surface area contributed by atoms with Gasteiger partial charge in [-0.1, -0.05) is 204 Å². The molecule has 0 bridgehead atoms. The van der Waals surface area contributed by atoms with Gasteiger partial charge in [-0.2, -0.15) is 0 Å². The summed E-state index contributed by atoms with van der Waals surface area (Å²) < 4.78 is 33.9. The fourth-order valence-corrected chi connectivity index (χ4v) is 7.63. The number of ether oxygens (including phenoxy) is 2. The number of carbonyl (C=O) groups excluding carboxylic acids is 2. The topological polar surface area (TPSA) is 131 Å². The molecule has 0 heterocycles. The third kappa shape index (κ3) is 47.7. The highest BCUT2D eigenvalue weighted by atomic mass is 31.2. The van der Waals surface area contributed by atoms with E-state index in [1.807, 2.05) is 57.6 Å². The molecule has 0 aliphatic carbocycles. The van der Waals surface area contributed by atoms with Crippen molar-refractivity contribution < 1.29 is 47.2 Å². The molecule has 0 aromatic rings. The summed E-state index contributed by atoms with van der Waals surface area (Å²) in [6.45, 7) is 4.07. The van der Waals surface area contributed by atoms with Gasteiger partial charge in [0.15, 0.2) is 6.10 Å². The third-order valence-electron chi connectivity index (χ3n) is 10.9. The summed E-state index contributed by atoms with van der Waals surface area (Å²) in [5.41, 5.74) is 0. The Morgan fingerprint density at radius 3 is 1.63 bits per heavy atom. The first kappa shape index (κ1) is 60.9. The van der Waals surface area contributed by atoms with Gasteiger partial charge in [-0.05, 0) is 44.9 Å². The molecule has 0 amide bonds. The van der Waals surface area contributed by atoms with Crippen molar-refractivity contribution in [1.29, 1.82) is 0 Å². The normalized spacial score (nSPS) is 14.3. The molecule has 1 N–H and O–H groups in total. The SMILES string of the molecule is CCCCC/C=C\C=C/[C@H](O)C/C=C\C/C=C/CCCC(=O)O[C@H](COC(=O)CCCCCCCCCCCCCCCCCCCCCCC)COP(=O)([O-])OCC[N+](C)(C)C. The van der Waals surface area contributed by atoms with E-state index in [1.54, 1.807) is 6.08 Å². The number of phosphoric ester groups is 1. The molecule has 0 saturated heterocycles. The zero-order chi connectivity index (χ0) is 46.5. The molecule has 0 aromatic heterocycles.